The van der Waals surface area contributed by atoms with Gasteiger partial charge in [-0.3, -0.25) is 0 Å². The van der Waals surface area contributed by atoms with Gasteiger partial charge in [-0.15, -0.1) is 0 Å². The van der Waals surface area contributed by atoms with Crippen molar-refractivity contribution in [2.24, 2.45) is 0 Å². The van der Waals surface area contributed by atoms with Crippen LogP contribution in [0.15, 0.2) is 83.8 Å². The van der Waals surface area contributed by atoms with E-state index in [0.717, 1.165) is 28.4 Å². The topological polar surface area (TPSA) is 66.1 Å². The molecule has 0 N–H and O–H groups in total. The van der Waals surface area contributed by atoms with Gasteiger partial charge in [-0.1, -0.05) is 54.1 Å². The van der Waals surface area contributed by atoms with E-state index in [1.54, 1.807) is 18.2 Å². The fourth-order valence-corrected chi connectivity index (χ4v) is 6.34. The van der Waals surface area contributed by atoms with Crippen molar-refractivity contribution in [2.75, 3.05) is 13.1 Å². The molecule has 0 fully saturated rings. The monoisotopic (exact) mass is 501 g/mol. The van der Waals surface area contributed by atoms with Gasteiger partial charge in [-0.25, -0.2) is 8.42 Å². The summed E-state index contributed by atoms with van der Waals surface area (Å²) in [6.07, 6.45) is 2.64. The molecule has 2 heterocycles. The first-order chi connectivity index (χ1) is 16.9. The van der Waals surface area contributed by atoms with Crippen LogP contribution < -0.4 is 0 Å². The molecule has 3 aromatic carbocycles. The third-order valence-corrected chi connectivity index (χ3v) is 8.69. The maximum Gasteiger partial charge on any atom is 0.243 e. The molecule has 0 amide bonds. The Morgan fingerprint density at radius 1 is 1.03 bits per heavy atom. The SMILES string of the molecule is Cc1c(C2=CCN(S(=O)(=O)c3cccc(C#N)c3)CC2)c2ccccc2n1Cc1ccc(Cl)cc1. The van der Waals surface area contributed by atoms with Crippen molar-refractivity contribution in [3.8, 4) is 6.07 Å². The van der Waals surface area contributed by atoms with Crippen LogP contribution in [0.2, 0.25) is 5.02 Å². The van der Waals surface area contributed by atoms with Gasteiger partial charge in [0.25, 0.3) is 0 Å². The average molecular weight is 502 g/mol. The Balaban J connectivity index is 1.48. The average Bonchev–Trinajstić information content (AvgIpc) is 3.16. The van der Waals surface area contributed by atoms with E-state index in [-0.39, 0.29) is 4.90 Å². The number of para-hydroxylation sites is 1. The van der Waals surface area contributed by atoms with Crippen LogP contribution in [0, 0.1) is 18.3 Å². The van der Waals surface area contributed by atoms with Crippen molar-refractivity contribution < 1.29 is 8.42 Å². The Bertz CT molecular complexity index is 1600. The Hall–Kier alpha value is -3.37. The largest absolute Gasteiger partial charge is 0.340 e. The smallest absolute Gasteiger partial charge is 0.243 e. The second-order valence-corrected chi connectivity index (χ2v) is 11.0. The predicted molar refractivity (Wildman–Crippen MR) is 140 cm³/mol. The zero-order valence-electron chi connectivity index (χ0n) is 19.3. The molecule has 35 heavy (non-hydrogen) atoms. The minimum absolute atomic E-state index is 0.157. The molecule has 0 radical (unpaired) electrons. The molecule has 1 aliphatic heterocycles. The van der Waals surface area contributed by atoms with Gasteiger partial charge in [0, 0.05) is 46.8 Å². The van der Waals surface area contributed by atoms with Crippen molar-refractivity contribution in [1.82, 2.24) is 8.87 Å². The molecule has 7 heteroatoms. The highest BCUT2D eigenvalue weighted by Gasteiger charge is 2.28. The van der Waals surface area contributed by atoms with Crippen molar-refractivity contribution >= 4 is 38.1 Å². The van der Waals surface area contributed by atoms with E-state index in [0.29, 0.717) is 25.1 Å². The van der Waals surface area contributed by atoms with E-state index in [2.05, 4.69) is 23.6 Å². The summed E-state index contributed by atoms with van der Waals surface area (Å²) in [6.45, 7) is 3.54. The highest BCUT2D eigenvalue weighted by atomic mass is 35.5. The first kappa shape index (κ1) is 23.4. The van der Waals surface area contributed by atoms with Crippen LogP contribution in [0.5, 0.6) is 0 Å². The number of nitrogens with zero attached hydrogens (tertiary/aromatic N) is 3. The number of hydrogen-bond acceptors (Lipinski definition) is 3. The number of nitriles is 1. The number of halogens is 1. The highest BCUT2D eigenvalue weighted by molar-refractivity contribution is 7.89. The Labute approximate surface area is 210 Å². The minimum Gasteiger partial charge on any atom is -0.340 e. The van der Waals surface area contributed by atoms with Crippen LogP contribution in [-0.2, 0) is 16.6 Å². The molecule has 0 aliphatic carbocycles. The van der Waals surface area contributed by atoms with Crippen molar-refractivity contribution in [3.05, 3.63) is 106 Å². The molecule has 176 valence electrons. The number of rotatable bonds is 5. The van der Waals surface area contributed by atoms with Crippen LogP contribution in [0.25, 0.3) is 16.5 Å². The van der Waals surface area contributed by atoms with Crippen molar-refractivity contribution in [3.63, 3.8) is 0 Å². The number of benzene rings is 3. The molecule has 1 aliphatic rings. The highest BCUT2D eigenvalue weighted by Crippen LogP contribution is 2.36. The lowest BCUT2D eigenvalue weighted by Crippen LogP contribution is -2.34. The number of hydrogen-bond donors (Lipinski definition) is 0. The summed E-state index contributed by atoms with van der Waals surface area (Å²) in [5.74, 6) is 0. The number of fused-ring (bicyclic) bond motifs is 1. The standard InChI is InChI=1S/C28H24ClN3O2S/c1-20-28(26-7-2-3-8-27(26)32(20)19-21-9-11-24(29)12-10-21)23-13-15-31(16-14-23)35(33,34)25-6-4-5-22(17-25)18-30/h2-13,17H,14-16,19H2,1H3. The van der Waals surface area contributed by atoms with Crippen LogP contribution in [0.4, 0.5) is 0 Å². The van der Waals surface area contributed by atoms with Crippen LogP contribution >= 0.6 is 11.6 Å². The van der Waals surface area contributed by atoms with Gasteiger partial charge in [0.1, 0.15) is 0 Å². The fraction of sp³-hybridized carbons (Fsp3) is 0.179. The quantitative estimate of drug-likeness (QED) is 0.337. The number of aromatic nitrogens is 1. The zero-order chi connectivity index (χ0) is 24.6. The summed E-state index contributed by atoms with van der Waals surface area (Å²) in [4.78, 5) is 0.157. The predicted octanol–water partition coefficient (Wildman–Crippen LogP) is 6.00. The molecule has 0 bridgehead atoms. The Morgan fingerprint density at radius 2 is 1.80 bits per heavy atom. The molecular formula is C28H24ClN3O2S. The van der Waals surface area contributed by atoms with Gasteiger partial charge in [0.05, 0.1) is 16.5 Å². The van der Waals surface area contributed by atoms with Gasteiger partial charge in [-0.2, -0.15) is 9.57 Å². The molecular weight excluding hydrogens is 478 g/mol. The van der Waals surface area contributed by atoms with Gasteiger partial charge in [0.15, 0.2) is 0 Å². The second-order valence-electron chi connectivity index (χ2n) is 8.67. The van der Waals surface area contributed by atoms with Crippen LogP contribution in [0.3, 0.4) is 0 Å². The first-order valence-electron chi connectivity index (χ1n) is 11.4. The first-order valence-corrected chi connectivity index (χ1v) is 13.2. The summed E-state index contributed by atoms with van der Waals surface area (Å²) < 4.78 is 30.2. The Kier molecular flexibility index (Phi) is 6.24. The van der Waals surface area contributed by atoms with Gasteiger partial charge < -0.3 is 4.57 Å². The van der Waals surface area contributed by atoms with E-state index in [4.69, 9.17) is 16.9 Å². The summed E-state index contributed by atoms with van der Waals surface area (Å²) in [6, 6.07) is 24.5. The van der Waals surface area contributed by atoms with E-state index < -0.39 is 10.0 Å². The maximum absolute atomic E-state index is 13.2. The second kappa shape index (κ2) is 9.35. The Morgan fingerprint density at radius 3 is 2.51 bits per heavy atom. The molecule has 0 unspecified atom stereocenters. The van der Waals surface area contributed by atoms with Crippen molar-refractivity contribution in [2.45, 2.75) is 24.8 Å². The van der Waals surface area contributed by atoms with E-state index in [1.165, 1.54) is 26.9 Å². The summed E-state index contributed by atoms with van der Waals surface area (Å²) in [7, 11) is -3.67. The summed E-state index contributed by atoms with van der Waals surface area (Å²) in [5, 5.41) is 11.0. The normalized spacial score (nSPS) is 14.6. The molecule has 5 rings (SSSR count). The lowest BCUT2D eigenvalue weighted by molar-refractivity contribution is 0.441. The maximum atomic E-state index is 13.2. The molecule has 0 atom stereocenters. The molecule has 5 nitrogen and oxygen atoms in total. The van der Waals surface area contributed by atoms with Crippen LogP contribution in [0.1, 0.15) is 28.8 Å². The lowest BCUT2D eigenvalue weighted by atomic mass is 9.97. The number of sulfonamides is 1. The van der Waals surface area contributed by atoms with E-state index in [9.17, 15) is 8.42 Å². The van der Waals surface area contributed by atoms with Crippen LogP contribution in [-0.4, -0.2) is 30.4 Å². The fourth-order valence-electron chi connectivity index (χ4n) is 4.78. The molecule has 0 saturated heterocycles. The van der Waals surface area contributed by atoms with Crippen molar-refractivity contribution in [1.29, 1.82) is 5.26 Å². The van der Waals surface area contributed by atoms with E-state index in [1.807, 2.05) is 48.5 Å². The summed E-state index contributed by atoms with van der Waals surface area (Å²) >= 11 is 6.07. The third kappa shape index (κ3) is 4.39. The van der Waals surface area contributed by atoms with Gasteiger partial charge in [-0.05, 0) is 60.9 Å². The molecule has 4 aromatic rings. The zero-order valence-corrected chi connectivity index (χ0v) is 20.9. The third-order valence-electron chi connectivity index (χ3n) is 6.58. The minimum atomic E-state index is -3.67. The van der Waals surface area contributed by atoms with E-state index >= 15 is 0 Å². The van der Waals surface area contributed by atoms with Gasteiger partial charge >= 0.3 is 0 Å². The molecule has 0 saturated carbocycles. The summed E-state index contributed by atoms with van der Waals surface area (Å²) in [5.41, 5.74) is 6.15. The molecule has 0 spiro atoms. The molecule has 1 aromatic heterocycles. The van der Waals surface area contributed by atoms with Gasteiger partial charge in [0.2, 0.25) is 10.0 Å². The lowest BCUT2D eigenvalue weighted by Gasteiger charge is -2.26.